The second kappa shape index (κ2) is 3.01. The molecule has 1 aromatic carbocycles. The van der Waals surface area contributed by atoms with Crippen LogP contribution in [0.2, 0.25) is 0 Å². The van der Waals surface area contributed by atoms with Gasteiger partial charge in [-0.2, -0.15) is 0 Å². The van der Waals surface area contributed by atoms with Gasteiger partial charge in [0, 0.05) is 11.6 Å². The minimum absolute atomic E-state index is 0.189. The van der Waals surface area contributed by atoms with Crippen molar-refractivity contribution in [3.05, 3.63) is 29.3 Å². The van der Waals surface area contributed by atoms with Gasteiger partial charge in [0.2, 0.25) is 0 Å². The Balaban J connectivity index is 2.51. The lowest BCUT2D eigenvalue weighted by Crippen LogP contribution is -2.24. The van der Waals surface area contributed by atoms with Crippen LogP contribution in [0.15, 0.2) is 18.2 Å². The smallest absolute Gasteiger partial charge is 0.124 e. The van der Waals surface area contributed by atoms with Gasteiger partial charge in [-0.1, -0.05) is 12.1 Å². The van der Waals surface area contributed by atoms with E-state index in [0.29, 0.717) is 0 Å². The quantitative estimate of drug-likeness (QED) is 0.664. The molecule has 0 heterocycles. The maximum atomic E-state index is 9.76. The number of hydrogen-bond donors (Lipinski definition) is 2. The minimum Gasteiger partial charge on any atom is -0.496 e. The Hall–Kier alpha value is -1.06. The summed E-state index contributed by atoms with van der Waals surface area (Å²) in [4.78, 5) is 0. The number of rotatable bonds is 1. The number of ether oxygens (including phenoxy) is 1. The van der Waals surface area contributed by atoms with Gasteiger partial charge in [-0.15, -0.1) is 0 Å². The number of nitrogens with two attached hydrogens (primary N) is 1. The van der Waals surface area contributed by atoms with E-state index in [4.69, 9.17) is 10.5 Å². The number of fused-ring (bicyclic) bond motifs is 1. The highest BCUT2D eigenvalue weighted by Crippen LogP contribution is 2.36. The molecule has 0 aromatic heterocycles. The molecule has 1 aliphatic carbocycles. The van der Waals surface area contributed by atoms with E-state index < -0.39 is 6.10 Å². The first-order valence-corrected chi connectivity index (χ1v) is 4.33. The second-order valence-electron chi connectivity index (χ2n) is 3.35. The van der Waals surface area contributed by atoms with Crippen LogP contribution < -0.4 is 10.5 Å². The second-order valence-corrected chi connectivity index (χ2v) is 3.35. The Morgan fingerprint density at radius 3 is 3.00 bits per heavy atom. The first-order valence-electron chi connectivity index (χ1n) is 4.33. The summed E-state index contributed by atoms with van der Waals surface area (Å²) in [5.41, 5.74) is 7.70. The summed E-state index contributed by atoms with van der Waals surface area (Å²) in [6.07, 6.45) is 0.152. The van der Waals surface area contributed by atoms with E-state index in [2.05, 4.69) is 0 Å². The van der Waals surface area contributed by atoms with Gasteiger partial charge in [-0.3, -0.25) is 0 Å². The minimum atomic E-state index is -0.578. The third kappa shape index (κ3) is 1.20. The van der Waals surface area contributed by atoms with E-state index >= 15 is 0 Å². The van der Waals surface area contributed by atoms with Gasteiger partial charge in [0.15, 0.2) is 0 Å². The molecule has 0 unspecified atom stereocenters. The first-order chi connectivity index (χ1) is 6.24. The van der Waals surface area contributed by atoms with E-state index in [9.17, 15) is 5.11 Å². The fourth-order valence-electron chi connectivity index (χ4n) is 1.86. The van der Waals surface area contributed by atoms with Gasteiger partial charge in [0.05, 0.1) is 13.2 Å². The van der Waals surface area contributed by atoms with Gasteiger partial charge in [-0.05, 0) is 18.1 Å². The van der Waals surface area contributed by atoms with Crippen molar-refractivity contribution in [1.82, 2.24) is 0 Å². The first kappa shape index (κ1) is 8.53. The predicted molar refractivity (Wildman–Crippen MR) is 49.6 cm³/mol. The molecule has 0 bridgehead atoms. The van der Waals surface area contributed by atoms with Crippen LogP contribution in [0.4, 0.5) is 0 Å². The van der Waals surface area contributed by atoms with Crippen molar-refractivity contribution < 1.29 is 9.84 Å². The lowest BCUT2D eigenvalue weighted by Gasteiger charge is -2.11. The van der Waals surface area contributed by atoms with Crippen molar-refractivity contribution in [2.24, 2.45) is 5.73 Å². The summed E-state index contributed by atoms with van der Waals surface area (Å²) >= 11 is 0. The van der Waals surface area contributed by atoms with Crippen LogP contribution in [0.5, 0.6) is 5.75 Å². The van der Waals surface area contributed by atoms with Crippen LogP contribution in [0, 0.1) is 0 Å². The molecule has 3 N–H and O–H groups in total. The SMILES string of the molecule is COc1cccc2c1[C@H](O)[C@H](N)C2. The maximum absolute atomic E-state index is 9.76. The van der Waals surface area contributed by atoms with Gasteiger partial charge >= 0.3 is 0 Å². The molecule has 0 aliphatic heterocycles. The van der Waals surface area contributed by atoms with Crippen LogP contribution in [0.3, 0.4) is 0 Å². The molecule has 1 aromatic rings. The molecule has 0 fully saturated rings. The molecule has 0 radical (unpaired) electrons. The molecule has 70 valence electrons. The molecule has 1 aliphatic rings. The molecule has 0 amide bonds. The Kier molecular flexibility index (Phi) is 1.98. The monoisotopic (exact) mass is 179 g/mol. The molecule has 3 nitrogen and oxygen atoms in total. The van der Waals surface area contributed by atoms with Gasteiger partial charge < -0.3 is 15.6 Å². The van der Waals surface area contributed by atoms with Gasteiger partial charge in [0.1, 0.15) is 5.75 Å². The third-order valence-electron chi connectivity index (χ3n) is 2.53. The van der Waals surface area contributed by atoms with Crippen LogP contribution in [-0.4, -0.2) is 18.3 Å². The van der Waals surface area contributed by atoms with Crippen LogP contribution in [0.1, 0.15) is 17.2 Å². The number of aliphatic hydroxyl groups is 1. The molecular formula is C10H13NO2. The van der Waals surface area contributed by atoms with Crippen molar-refractivity contribution >= 4 is 0 Å². The standard InChI is InChI=1S/C10H13NO2/c1-13-8-4-2-3-6-5-7(11)10(12)9(6)8/h2-4,7,10,12H,5,11H2,1H3/t7-,10-/m1/s1. The van der Waals surface area contributed by atoms with Crippen molar-refractivity contribution in [2.45, 2.75) is 18.6 Å². The zero-order valence-electron chi connectivity index (χ0n) is 7.53. The van der Waals surface area contributed by atoms with Crippen molar-refractivity contribution in [2.75, 3.05) is 7.11 Å². The summed E-state index contributed by atoms with van der Waals surface area (Å²) in [5.74, 6) is 0.734. The van der Waals surface area contributed by atoms with E-state index in [-0.39, 0.29) is 6.04 Å². The molecule has 13 heavy (non-hydrogen) atoms. The fourth-order valence-corrected chi connectivity index (χ4v) is 1.86. The largest absolute Gasteiger partial charge is 0.496 e. The number of benzene rings is 1. The summed E-state index contributed by atoms with van der Waals surface area (Å²) in [6.45, 7) is 0. The Morgan fingerprint density at radius 2 is 2.31 bits per heavy atom. The molecule has 0 saturated heterocycles. The van der Waals surface area contributed by atoms with Gasteiger partial charge in [0.25, 0.3) is 0 Å². The highest BCUT2D eigenvalue weighted by Gasteiger charge is 2.30. The topological polar surface area (TPSA) is 55.5 Å². The van der Waals surface area contributed by atoms with E-state index in [0.717, 1.165) is 23.3 Å². The summed E-state index contributed by atoms with van der Waals surface area (Å²) < 4.78 is 5.16. The molecule has 2 rings (SSSR count). The van der Waals surface area contributed by atoms with Crippen molar-refractivity contribution in [3.63, 3.8) is 0 Å². The maximum Gasteiger partial charge on any atom is 0.124 e. The number of aliphatic hydroxyl groups excluding tert-OH is 1. The van der Waals surface area contributed by atoms with E-state index in [1.54, 1.807) is 7.11 Å². The molecule has 0 spiro atoms. The average molecular weight is 179 g/mol. The van der Waals surface area contributed by atoms with Crippen molar-refractivity contribution in [1.29, 1.82) is 0 Å². The van der Waals surface area contributed by atoms with Crippen LogP contribution >= 0.6 is 0 Å². The average Bonchev–Trinajstić information content (AvgIpc) is 2.43. The summed E-state index contributed by atoms with van der Waals surface area (Å²) in [7, 11) is 1.60. The zero-order chi connectivity index (χ0) is 9.42. The highest BCUT2D eigenvalue weighted by molar-refractivity contribution is 5.46. The third-order valence-corrected chi connectivity index (χ3v) is 2.53. The lowest BCUT2D eigenvalue weighted by atomic mass is 10.1. The Bertz CT molecular complexity index is 325. The fraction of sp³-hybridized carbons (Fsp3) is 0.400. The lowest BCUT2D eigenvalue weighted by molar-refractivity contribution is 0.156. The van der Waals surface area contributed by atoms with Gasteiger partial charge in [-0.25, -0.2) is 0 Å². The van der Waals surface area contributed by atoms with Crippen LogP contribution in [-0.2, 0) is 6.42 Å². The predicted octanol–water partition coefficient (Wildman–Crippen LogP) is 0.612. The number of methoxy groups -OCH3 is 1. The highest BCUT2D eigenvalue weighted by atomic mass is 16.5. The van der Waals surface area contributed by atoms with E-state index in [1.807, 2.05) is 18.2 Å². The molecule has 0 saturated carbocycles. The molecule has 3 heteroatoms. The van der Waals surface area contributed by atoms with Crippen LogP contribution in [0.25, 0.3) is 0 Å². The Morgan fingerprint density at radius 1 is 1.54 bits per heavy atom. The molecular weight excluding hydrogens is 166 g/mol. The van der Waals surface area contributed by atoms with Crippen molar-refractivity contribution in [3.8, 4) is 5.75 Å². The van der Waals surface area contributed by atoms with E-state index in [1.165, 1.54) is 0 Å². The molecule has 2 atom stereocenters. The normalized spacial score (nSPS) is 25.8. The summed E-state index contributed by atoms with van der Waals surface area (Å²) in [5, 5.41) is 9.76. The summed E-state index contributed by atoms with van der Waals surface area (Å²) in [6, 6.07) is 5.56. The Labute approximate surface area is 77.1 Å². The number of hydrogen-bond acceptors (Lipinski definition) is 3. The zero-order valence-corrected chi connectivity index (χ0v) is 7.53.